The predicted molar refractivity (Wildman–Crippen MR) is 97.6 cm³/mol. The van der Waals surface area contributed by atoms with Gasteiger partial charge in [-0.3, -0.25) is 0 Å². The second-order valence-corrected chi connectivity index (χ2v) is 6.12. The maximum Gasteiger partial charge on any atom is 0.319 e. The van der Waals surface area contributed by atoms with Gasteiger partial charge in [-0.25, -0.2) is 9.78 Å². The smallest absolute Gasteiger partial charge is 0.319 e. The molecule has 0 saturated heterocycles. The van der Waals surface area contributed by atoms with Gasteiger partial charge in [0, 0.05) is 24.3 Å². The Labute approximate surface area is 145 Å². The lowest BCUT2D eigenvalue weighted by Crippen LogP contribution is -2.30. The standard InChI is InChI=1S/C18H19ClN4O/c1-12-21-16-11-13(3-8-17(16)23(12)2)9-10-20-18(24)22-15-6-4-14(19)5-7-15/h3-8,11H,9-10H2,1-2H3,(H2,20,22,24). The first-order valence-corrected chi connectivity index (χ1v) is 8.13. The Hall–Kier alpha value is -2.53. The van der Waals surface area contributed by atoms with Crippen LogP contribution in [-0.4, -0.2) is 22.1 Å². The number of amides is 2. The second kappa shape index (κ2) is 6.93. The molecule has 5 nitrogen and oxygen atoms in total. The van der Waals surface area contributed by atoms with Crippen molar-refractivity contribution >= 4 is 34.4 Å². The molecule has 0 radical (unpaired) electrons. The lowest BCUT2D eigenvalue weighted by molar-refractivity contribution is 0.252. The second-order valence-electron chi connectivity index (χ2n) is 5.68. The van der Waals surface area contributed by atoms with Crippen LogP contribution >= 0.6 is 11.6 Å². The van der Waals surface area contributed by atoms with Crippen LogP contribution < -0.4 is 10.6 Å². The Kier molecular flexibility index (Phi) is 4.71. The van der Waals surface area contributed by atoms with Crippen molar-refractivity contribution in [3.63, 3.8) is 0 Å². The molecule has 1 aromatic heterocycles. The highest BCUT2D eigenvalue weighted by molar-refractivity contribution is 6.30. The molecule has 0 bridgehead atoms. The molecular weight excluding hydrogens is 324 g/mol. The molecule has 0 aliphatic rings. The van der Waals surface area contributed by atoms with Crippen molar-refractivity contribution in [2.24, 2.45) is 7.05 Å². The Balaban J connectivity index is 1.54. The largest absolute Gasteiger partial charge is 0.338 e. The van der Waals surface area contributed by atoms with Crippen molar-refractivity contribution in [3.8, 4) is 0 Å². The van der Waals surface area contributed by atoms with Crippen LogP contribution in [0.1, 0.15) is 11.4 Å². The third kappa shape index (κ3) is 3.68. The van der Waals surface area contributed by atoms with E-state index >= 15 is 0 Å². The molecule has 3 rings (SSSR count). The SMILES string of the molecule is Cc1nc2cc(CCNC(=O)Nc3ccc(Cl)cc3)ccc2n1C. The molecule has 24 heavy (non-hydrogen) atoms. The topological polar surface area (TPSA) is 59.0 Å². The highest BCUT2D eigenvalue weighted by Gasteiger charge is 2.06. The maximum absolute atomic E-state index is 11.9. The number of anilines is 1. The van der Waals surface area contributed by atoms with E-state index in [0.717, 1.165) is 28.8 Å². The van der Waals surface area contributed by atoms with Gasteiger partial charge in [0.05, 0.1) is 11.0 Å². The average Bonchev–Trinajstić information content (AvgIpc) is 2.84. The number of carbonyl (C=O) groups excluding carboxylic acids is 1. The number of hydrogen-bond acceptors (Lipinski definition) is 2. The Bertz CT molecular complexity index is 871. The van der Waals surface area contributed by atoms with Gasteiger partial charge >= 0.3 is 6.03 Å². The van der Waals surface area contributed by atoms with Crippen LogP contribution in [0.2, 0.25) is 5.02 Å². The average molecular weight is 343 g/mol. The molecule has 0 atom stereocenters. The molecule has 0 fully saturated rings. The third-order valence-corrected chi connectivity index (χ3v) is 4.22. The van der Waals surface area contributed by atoms with E-state index in [4.69, 9.17) is 11.6 Å². The summed E-state index contributed by atoms with van der Waals surface area (Å²) in [4.78, 5) is 16.4. The number of aromatic nitrogens is 2. The summed E-state index contributed by atoms with van der Waals surface area (Å²) in [6, 6.07) is 13.0. The van der Waals surface area contributed by atoms with Crippen molar-refractivity contribution in [1.82, 2.24) is 14.9 Å². The third-order valence-electron chi connectivity index (χ3n) is 3.97. The van der Waals surface area contributed by atoms with Gasteiger partial charge in [0.1, 0.15) is 5.82 Å². The van der Waals surface area contributed by atoms with Gasteiger partial charge in [0.25, 0.3) is 0 Å². The predicted octanol–water partition coefficient (Wildman–Crippen LogP) is 3.90. The van der Waals surface area contributed by atoms with E-state index in [0.29, 0.717) is 17.3 Å². The van der Waals surface area contributed by atoms with E-state index in [1.165, 1.54) is 0 Å². The molecule has 0 aliphatic carbocycles. The number of aryl methyl sites for hydroxylation is 2. The number of halogens is 1. The van der Waals surface area contributed by atoms with Gasteiger partial charge in [-0.1, -0.05) is 17.7 Å². The van der Waals surface area contributed by atoms with Crippen molar-refractivity contribution in [2.45, 2.75) is 13.3 Å². The number of urea groups is 1. The molecule has 1 heterocycles. The summed E-state index contributed by atoms with van der Waals surface area (Å²) in [7, 11) is 2.01. The van der Waals surface area contributed by atoms with Crippen LogP contribution in [0.25, 0.3) is 11.0 Å². The van der Waals surface area contributed by atoms with Crippen molar-refractivity contribution in [2.75, 3.05) is 11.9 Å². The van der Waals surface area contributed by atoms with Crippen LogP contribution in [0.5, 0.6) is 0 Å². The molecular formula is C18H19ClN4O. The quantitative estimate of drug-likeness (QED) is 0.755. The van der Waals surface area contributed by atoms with Crippen LogP contribution in [0, 0.1) is 6.92 Å². The first-order chi connectivity index (χ1) is 11.5. The van der Waals surface area contributed by atoms with Gasteiger partial charge in [0.15, 0.2) is 0 Å². The minimum atomic E-state index is -0.230. The van der Waals surface area contributed by atoms with E-state index in [1.807, 2.05) is 14.0 Å². The van der Waals surface area contributed by atoms with E-state index in [9.17, 15) is 4.79 Å². The van der Waals surface area contributed by atoms with Crippen LogP contribution in [-0.2, 0) is 13.5 Å². The lowest BCUT2D eigenvalue weighted by Gasteiger charge is -2.08. The normalized spacial score (nSPS) is 10.8. The van der Waals surface area contributed by atoms with Crippen LogP contribution in [0.3, 0.4) is 0 Å². The molecule has 2 N–H and O–H groups in total. The zero-order valence-corrected chi connectivity index (χ0v) is 14.4. The molecule has 124 valence electrons. The van der Waals surface area contributed by atoms with Gasteiger partial charge in [-0.05, 0) is 55.3 Å². The summed E-state index contributed by atoms with van der Waals surface area (Å²) in [6.45, 7) is 2.54. The number of hydrogen-bond donors (Lipinski definition) is 2. The molecule has 0 spiro atoms. The molecule has 2 aromatic carbocycles. The van der Waals surface area contributed by atoms with E-state index < -0.39 is 0 Å². The molecule has 6 heteroatoms. The summed E-state index contributed by atoms with van der Waals surface area (Å²) in [5.41, 5.74) is 3.96. The number of imidazole rings is 1. The van der Waals surface area contributed by atoms with Gasteiger partial charge in [0.2, 0.25) is 0 Å². The Morgan fingerprint density at radius 2 is 1.96 bits per heavy atom. The van der Waals surface area contributed by atoms with E-state index in [2.05, 4.69) is 38.4 Å². The van der Waals surface area contributed by atoms with Crippen molar-refractivity contribution < 1.29 is 4.79 Å². The molecule has 2 amide bonds. The fourth-order valence-corrected chi connectivity index (χ4v) is 2.68. The van der Waals surface area contributed by atoms with Gasteiger partial charge in [-0.2, -0.15) is 0 Å². The molecule has 0 saturated carbocycles. The summed E-state index contributed by atoms with van der Waals surface area (Å²) in [5, 5.41) is 6.26. The van der Waals surface area contributed by atoms with Crippen molar-refractivity contribution in [3.05, 3.63) is 58.9 Å². The summed E-state index contributed by atoms with van der Waals surface area (Å²) in [5.74, 6) is 0.989. The number of rotatable bonds is 4. The molecule has 0 unspecified atom stereocenters. The minimum Gasteiger partial charge on any atom is -0.338 e. The summed E-state index contributed by atoms with van der Waals surface area (Å²) >= 11 is 5.82. The van der Waals surface area contributed by atoms with Gasteiger partial charge < -0.3 is 15.2 Å². The monoisotopic (exact) mass is 342 g/mol. The first-order valence-electron chi connectivity index (χ1n) is 7.75. The van der Waals surface area contributed by atoms with Crippen LogP contribution in [0.15, 0.2) is 42.5 Å². The number of nitrogens with zero attached hydrogens (tertiary/aromatic N) is 2. The lowest BCUT2D eigenvalue weighted by atomic mass is 10.1. The fraction of sp³-hybridized carbons (Fsp3) is 0.222. The van der Waals surface area contributed by atoms with Gasteiger partial charge in [-0.15, -0.1) is 0 Å². The fourth-order valence-electron chi connectivity index (χ4n) is 2.55. The highest BCUT2D eigenvalue weighted by atomic mass is 35.5. The highest BCUT2D eigenvalue weighted by Crippen LogP contribution is 2.16. The summed E-state index contributed by atoms with van der Waals surface area (Å²) < 4.78 is 2.07. The zero-order chi connectivity index (χ0) is 17.1. The summed E-state index contributed by atoms with van der Waals surface area (Å²) in [6.07, 6.45) is 0.750. The minimum absolute atomic E-state index is 0.230. The van der Waals surface area contributed by atoms with Crippen molar-refractivity contribution in [1.29, 1.82) is 0 Å². The van der Waals surface area contributed by atoms with E-state index in [-0.39, 0.29) is 6.03 Å². The maximum atomic E-state index is 11.9. The van der Waals surface area contributed by atoms with Crippen LogP contribution in [0.4, 0.5) is 10.5 Å². The number of carbonyl (C=O) groups is 1. The molecule has 3 aromatic rings. The molecule has 0 aliphatic heterocycles. The number of fused-ring (bicyclic) bond motifs is 1. The Morgan fingerprint density at radius 3 is 2.71 bits per heavy atom. The first kappa shape index (κ1) is 16.3. The number of nitrogens with one attached hydrogen (secondary N) is 2. The number of benzene rings is 2. The zero-order valence-electron chi connectivity index (χ0n) is 13.6. The Morgan fingerprint density at radius 1 is 1.21 bits per heavy atom. The van der Waals surface area contributed by atoms with E-state index in [1.54, 1.807) is 24.3 Å².